The first-order valence-electron chi connectivity index (χ1n) is 5.90. The van der Waals surface area contributed by atoms with E-state index in [-0.39, 0.29) is 12.0 Å². The van der Waals surface area contributed by atoms with Crippen LogP contribution in [-0.4, -0.2) is 43.8 Å². The predicted molar refractivity (Wildman–Crippen MR) is 66.6 cm³/mol. The maximum absolute atomic E-state index is 11.8. The quantitative estimate of drug-likeness (QED) is 0.810. The molecule has 1 unspecified atom stereocenters. The Kier molecular flexibility index (Phi) is 4.49. The molecule has 0 radical (unpaired) electrons. The van der Waals surface area contributed by atoms with Crippen LogP contribution in [0.3, 0.4) is 0 Å². The van der Waals surface area contributed by atoms with E-state index in [0.717, 1.165) is 6.54 Å². The van der Waals surface area contributed by atoms with E-state index in [1.165, 1.54) is 0 Å². The lowest BCUT2D eigenvalue weighted by Crippen LogP contribution is -2.40. The van der Waals surface area contributed by atoms with Crippen LogP contribution in [0.1, 0.15) is 6.42 Å². The average Bonchev–Trinajstić information content (AvgIpc) is 2.40. The number of amides is 1. The third-order valence-corrected chi connectivity index (χ3v) is 2.65. The van der Waals surface area contributed by atoms with E-state index in [0.29, 0.717) is 31.1 Å². The van der Waals surface area contributed by atoms with Gasteiger partial charge in [-0.15, -0.1) is 0 Å². The molecule has 1 atom stereocenters. The van der Waals surface area contributed by atoms with E-state index < -0.39 is 0 Å². The standard InChI is InChI=1S/C12H17N3O3/c1-17-12-3-2-9(7-14-12)15-11(16)6-10-8-13-4-5-18-10/h2-3,7,10,13H,4-6,8H2,1H3,(H,15,16). The molecule has 6 nitrogen and oxygen atoms in total. The maximum atomic E-state index is 11.8. The van der Waals surface area contributed by atoms with Gasteiger partial charge in [0.2, 0.25) is 11.8 Å². The van der Waals surface area contributed by atoms with Gasteiger partial charge in [-0.3, -0.25) is 4.79 Å². The molecule has 0 spiro atoms. The monoisotopic (exact) mass is 251 g/mol. The minimum absolute atomic E-state index is 0.0510. The highest BCUT2D eigenvalue weighted by Gasteiger charge is 2.17. The highest BCUT2D eigenvalue weighted by atomic mass is 16.5. The van der Waals surface area contributed by atoms with E-state index in [1.54, 1.807) is 25.4 Å². The molecule has 6 heteroatoms. The largest absolute Gasteiger partial charge is 0.481 e. The Bertz CT molecular complexity index is 388. The Labute approximate surface area is 106 Å². The molecule has 1 saturated heterocycles. The van der Waals surface area contributed by atoms with Crippen LogP contribution in [0.15, 0.2) is 18.3 Å². The van der Waals surface area contributed by atoms with Crippen LogP contribution in [0.2, 0.25) is 0 Å². The molecule has 0 bridgehead atoms. The van der Waals surface area contributed by atoms with Crippen molar-refractivity contribution in [1.29, 1.82) is 0 Å². The van der Waals surface area contributed by atoms with E-state index in [2.05, 4.69) is 15.6 Å². The van der Waals surface area contributed by atoms with Crippen molar-refractivity contribution in [3.8, 4) is 5.88 Å². The summed E-state index contributed by atoms with van der Waals surface area (Å²) in [6.45, 7) is 2.22. The maximum Gasteiger partial charge on any atom is 0.227 e. The summed E-state index contributed by atoms with van der Waals surface area (Å²) < 4.78 is 10.4. The third-order valence-electron chi connectivity index (χ3n) is 2.65. The average molecular weight is 251 g/mol. The molecule has 2 heterocycles. The van der Waals surface area contributed by atoms with Gasteiger partial charge in [-0.1, -0.05) is 0 Å². The van der Waals surface area contributed by atoms with Crippen molar-refractivity contribution in [3.05, 3.63) is 18.3 Å². The first kappa shape index (κ1) is 12.8. The molecule has 1 amide bonds. The van der Waals surface area contributed by atoms with Crippen LogP contribution < -0.4 is 15.4 Å². The molecule has 1 aliphatic heterocycles. The second-order valence-electron chi connectivity index (χ2n) is 4.04. The fraction of sp³-hybridized carbons (Fsp3) is 0.500. The van der Waals surface area contributed by atoms with Crippen molar-refractivity contribution in [2.24, 2.45) is 0 Å². The summed E-state index contributed by atoms with van der Waals surface area (Å²) in [5, 5.41) is 5.96. The summed E-state index contributed by atoms with van der Waals surface area (Å²) in [7, 11) is 1.55. The SMILES string of the molecule is COc1ccc(NC(=O)CC2CNCCO2)cn1. The second kappa shape index (κ2) is 6.32. The number of pyridine rings is 1. The van der Waals surface area contributed by atoms with Crippen molar-refractivity contribution in [3.63, 3.8) is 0 Å². The lowest BCUT2D eigenvalue weighted by Gasteiger charge is -2.22. The lowest BCUT2D eigenvalue weighted by atomic mass is 10.2. The number of carbonyl (C=O) groups is 1. The molecular formula is C12H17N3O3. The van der Waals surface area contributed by atoms with E-state index in [1.807, 2.05) is 0 Å². The molecule has 2 N–H and O–H groups in total. The van der Waals surface area contributed by atoms with Gasteiger partial charge in [0.15, 0.2) is 0 Å². The summed E-state index contributed by atoms with van der Waals surface area (Å²) in [5.74, 6) is 0.448. The first-order valence-corrected chi connectivity index (χ1v) is 5.90. The molecule has 0 saturated carbocycles. The summed E-state index contributed by atoms with van der Waals surface area (Å²) in [5.41, 5.74) is 0.657. The normalized spacial score (nSPS) is 19.3. The number of carbonyl (C=O) groups excluding carboxylic acids is 1. The Balaban J connectivity index is 1.82. The Morgan fingerprint density at radius 3 is 3.17 bits per heavy atom. The minimum atomic E-state index is -0.0735. The molecule has 2 rings (SSSR count). The summed E-state index contributed by atoms with van der Waals surface area (Å²) in [4.78, 5) is 15.8. The van der Waals surface area contributed by atoms with Crippen molar-refractivity contribution in [2.75, 3.05) is 32.1 Å². The van der Waals surface area contributed by atoms with Crippen molar-refractivity contribution in [1.82, 2.24) is 10.3 Å². The molecule has 1 aliphatic rings. The highest BCUT2D eigenvalue weighted by molar-refractivity contribution is 5.90. The molecule has 98 valence electrons. The zero-order valence-electron chi connectivity index (χ0n) is 10.3. The number of methoxy groups -OCH3 is 1. The number of hydrogen-bond donors (Lipinski definition) is 2. The molecule has 1 aromatic rings. The number of hydrogen-bond acceptors (Lipinski definition) is 5. The summed E-state index contributed by atoms with van der Waals surface area (Å²) in [6.07, 6.45) is 1.86. The van der Waals surface area contributed by atoms with Gasteiger partial charge >= 0.3 is 0 Å². The Morgan fingerprint density at radius 1 is 1.67 bits per heavy atom. The van der Waals surface area contributed by atoms with Crippen LogP contribution in [-0.2, 0) is 9.53 Å². The number of anilines is 1. The van der Waals surface area contributed by atoms with Gasteiger partial charge in [0.25, 0.3) is 0 Å². The summed E-state index contributed by atoms with van der Waals surface area (Å²) in [6, 6.07) is 3.46. The van der Waals surface area contributed by atoms with Gasteiger partial charge in [-0.2, -0.15) is 0 Å². The second-order valence-corrected chi connectivity index (χ2v) is 4.04. The van der Waals surface area contributed by atoms with Crippen LogP contribution >= 0.6 is 0 Å². The van der Waals surface area contributed by atoms with Crippen molar-refractivity contribution in [2.45, 2.75) is 12.5 Å². The molecule has 0 aliphatic carbocycles. The lowest BCUT2D eigenvalue weighted by molar-refractivity contribution is -0.119. The van der Waals surface area contributed by atoms with Gasteiger partial charge in [0, 0.05) is 19.2 Å². The summed E-state index contributed by atoms with van der Waals surface area (Å²) >= 11 is 0. The topological polar surface area (TPSA) is 72.5 Å². The van der Waals surface area contributed by atoms with Crippen LogP contribution in [0.25, 0.3) is 0 Å². The Morgan fingerprint density at radius 2 is 2.56 bits per heavy atom. The van der Waals surface area contributed by atoms with Crippen LogP contribution in [0.4, 0.5) is 5.69 Å². The number of ether oxygens (including phenoxy) is 2. The smallest absolute Gasteiger partial charge is 0.227 e. The minimum Gasteiger partial charge on any atom is -0.481 e. The zero-order valence-corrected chi connectivity index (χ0v) is 10.3. The van der Waals surface area contributed by atoms with Gasteiger partial charge in [0.1, 0.15) is 0 Å². The Hall–Kier alpha value is -1.66. The predicted octanol–water partition coefficient (Wildman–Crippen LogP) is 0.407. The van der Waals surface area contributed by atoms with Crippen LogP contribution in [0, 0.1) is 0 Å². The number of nitrogens with zero attached hydrogens (tertiary/aromatic N) is 1. The molecule has 18 heavy (non-hydrogen) atoms. The van der Waals surface area contributed by atoms with Crippen molar-refractivity contribution < 1.29 is 14.3 Å². The molecule has 1 aromatic heterocycles. The molecule has 0 aromatic carbocycles. The molecular weight excluding hydrogens is 234 g/mol. The van der Waals surface area contributed by atoms with Gasteiger partial charge in [-0.25, -0.2) is 4.98 Å². The zero-order chi connectivity index (χ0) is 12.8. The van der Waals surface area contributed by atoms with E-state index in [4.69, 9.17) is 9.47 Å². The van der Waals surface area contributed by atoms with Gasteiger partial charge < -0.3 is 20.1 Å². The van der Waals surface area contributed by atoms with E-state index in [9.17, 15) is 4.79 Å². The number of rotatable bonds is 4. The van der Waals surface area contributed by atoms with E-state index >= 15 is 0 Å². The first-order chi connectivity index (χ1) is 8.78. The third kappa shape index (κ3) is 3.68. The fourth-order valence-corrected chi connectivity index (χ4v) is 1.74. The van der Waals surface area contributed by atoms with Crippen molar-refractivity contribution >= 4 is 11.6 Å². The van der Waals surface area contributed by atoms with Crippen LogP contribution in [0.5, 0.6) is 5.88 Å². The number of nitrogens with one attached hydrogen (secondary N) is 2. The highest BCUT2D eigenvalue weighted by Crippen LogP contribution is 2.12. The number of aromatic nitrogens is 1. The van der Waals surface area contributed by atoms with Gasteiger partial charge in [-0.05, 0) is 6.07 Å². The fourth-order valence-electron chi connectivity index (χ4n) is 1.74. The molecule has 1 fully saturated rings. The van der Waals surface area contributed by atoms with Gasteiger partial charge in [0.05, 0.1) is 38.1 Å². The number of morpholine rings is 1.